The van der Waals surface area contributed by atoms with Crippen LogP contribution in [0.25, 0.3) is 0 Å². The predicted molar refractivity (Wildman–Crippen MR) is 100 cm³/mol. The van der Waals surface area contributed by atoms with Gasteiger partial charge in [-0.3, -0.25) is 9.59 Å². The molecule has 0 spiro atoms. The van der Waals surface area contributed by atoms with E-state index >= 15 is 0 Å². The Labute approximate surface area is 157 Å². The molecule has 1 heterocycles. The summed E-state index contributed by atoms with van der Waals surface area (Å²) in [6, 6.07) is 12.6. The highest BCUT2D eigenvalue weighted by molar-refractivity contribution is 5.90. The molecule has 2 aromatic rings. The number of amides is 2. The lowest BCUT2D eigenvalue weighted by atomic mass is 10.1. The van der Waals surface area contributed by atoms with Gasteiger partial charge in [-0.2, -0.15) is 0 Å². The molecule has 7 nitrogen and oxygen atoms in total. The summed E-state index contributed by atoms with van der Waals surface area (Å²) in [4.78, 5) is 25.1. The van der Waals surface area contributed by atoms with Crippen LogP contribution in [0.3, 0.4) is 0 Å². The molecule has 0 fully saturated rings. The molecule has 0 radical (unpaired) electrons. The fourth-order valence-corrected chi connectivity index (χ4v) is 2.49. The first-order valence-electron chi connectivity index (χ1n) is 8.62. The van der Waals surface area contributed by atoms with Crippen molar-refractivity contribution in [2.24, 2.45) is 0 Å². The Morgan fingerprint density at radius 2 is 1.81 bits per heavy atom. The van der Waals surface area contributed by atoms with Crippen LogP contribution < -0.4 is 19.5 Å². The number of aryl methyl sites for hydroxylation is 1. The van der Waals surface area contributed by atoms with Gasteiger partial charge in [0, 0.05) is 26.2 Å². The maximum absolute atomic E-state index is 12.1. The van der Waals surface area contributed by atoms with E-state index < -0.39 is 0 Å². The number of nitrogens with one attached hydrogen (secondary N) is 1. The number of hydrogen-bond acceptors (Lipinski definition) is 5. The van der Waals surface area contributed by atoms with E-state index in [-0.39, 0.29) is 25.2 Å². The number of fused-ring (bicyclic) bond motifs is 1. The van der Waals surface area contributed by atoms with Crippen molar-refractivity contribution in [3.63, 3.8) is 0 Å². The van der Waals surface area contributed by atoms with E-state index in [1.54, 1.807) is 38.4 Å². The van der Waals surface area contributed by atoms with Gasteiger partial charge in [0.2, 0.25) is 12.7 Å². The zero-order chi connectivity index (χ0) is 19.2. The summed E-state index contributed by atoms with van der Waals surface area (Å²) in [5.74, 6) is 1.83. The Bertz CT molecular complexity index is 818. The van der Waals surface area contributed by atoms with Crippen molar-refractivity contribution in [1.29, 1.82) is 0 Å². The lowest BCUT2D eigenvalue weighted by molar-refractivity contribution is -0.130. The largest absolute Gasteiger partial charge is 0.484 e. The van der Waals surface area contributed by atoms with Crippen molar-refractivity contribution < 1.29 is 23.8 Å². The van der Waals surface area contributed by atoms with Gasteiger partial charge in [0.1, 0.15) is 5.75 Å². The van der Waals surface area contributed by atoms with Crippen molar-refractivity contribution in [2.75, 3.05) is 32.8 Å². The first kappa shape index (κ1) is 18.6. The summed E-state index contributed by atoms with van der Waals surface area (Å²) in [5, 5.41) is 2.85. The highest BCUT2D eigenvalue weighted by Gasteiger charge is 2.13. The number of nitrogens with zero attached hydrogens (tertiary/aromatic N) is 1. The summed E-state index contributed by atoms with van der Waals surface area (Å²) in [6.45, 7) is 0.219. The van der Waals surface area contributed by atoms with Gasteiger partial charge in [0.05, 0.1) is 0 Å². The van der Waals surface area contributed by atoms with Crippen molar-refractivity contribution in [1.82, 2.24) is 4.90 Å². The molecule has 0 aromatic heterocycles. The van der Waals surface area contributed by atoms with Gasteiger partial charge in [0.25, 0.3) is 5.91 Å². The molecule has 3 rings (SSSR count). The minimum absolute atomic E-state index is 0.0196. The quantitative estimate of drug-likeness (QED) is 0.810. The third-order valence-electron chi connectivity index (χ3n) is 4.08. The molecular weight excluding hydrogens is 348 g/mol. The minimum Gasteiger partial charge on any atom is -0.484 e. The fourth-order valence-electron chi connectivity index (χ4n) is 2.49. The molecule has 1 N–H and O–H groups in total. The van der Waals surface area contributed by atoms with E-state index in [9.17, 15) is 9.59 Å². The number of anilines is 1. The van der Waals surface area contributed by atoms with Crippen LogP contribution in [-0.4, -0.2) is 44.2 Å². The lowest BCUT2D eigenvalue weighted by Crippen LogP contribution is -2.27. The van der Waals surface area contributed by atoms with E-state index in [1.807, 2.05) is 18.2 Å². The lowest BCUT2D eigenvalue weighted by Gasteiger charge is -2.11. The Kier molecular flexibility index (Phi) is 5.80. The number of rotatable bonds is 7. The van der Waals surface area contributed by atoms with Crippen LogP contribution in [0.1, 0.15) is 12.0 Å². The van der Waals surface area contributed by atoms with Crippen LogP contribution in [0.4, 0.5) is 5.69 Å². The smallest absolute Gasteiger partial charge is 0.259 e. The summed E-state index contributed by atoms with van der Waals surface area (Å²) >= 11 is 0. The average molecular weight is 370 g/mol. The second kappa shape index (κ2) is 8.44. The van der Waals surface area contributed by atoms with E-state index in [1.165, 1.54) is 4.90 Å². The van der Waals surface area contributed by atoms with Gasteiger partial charge >= 0.3 is 0 Å². The molecule has 1 aliphatic heterocycles. The Balaban J connectivity index is 1.45. The van der Waals surface area contributed by atoms with Crippen LogP contribution in [0.5, 0.6) is 17.2 Å². The third-order valence-corrected chi connectivity index (χ3v) is 4.08. The van der Waals surface area contributed by atoms with E-state index in [2.05, 4.69) is 5.32 Å². The van der Waals surface area contributed by atoms with Crippen molar-refractivity contribution >= 4 is 17.5 Å². The summed E-state index contributed by atoms with van der Waals surface area (Å²) in [7, 11) is 3.35. The van der Waals surface area contributed by atoms with E-state index in [0.29, 0.717) is 24.3 Å². The van der Waals surface area contributed by atoms with Gasteiger partial charge in [-0.05, 0) is 48.4 Å². The number of likely N-dealkylation sites (N-methyl/N-ethyl adjacent to an activating group) is 1. The predicted octanol–water partition coefficient (Wildman–Crippen LogP) is 2.45. The van der Waals surface area contributed by atoms with Gasteiger partial charge in [0.15, 0.2) is 18.1 Å². The van der Waals surface area contributed by atoms with E-state index in [4.69, 9.17) is 14.2 Å². The topological polar surface area (TPSA) is 77.1 Å². The standard InChI is InChI=1S/C20H22N2O5/c1-22(2)20(24)12-25-16-7-5-15(6-8-16)21-19(23)10-4-14-3-9-17-18(11-14)27-13-26-17/h3,5-9,11H,4,10,12-13H2,1-2H3,(H,21,23). The van der Waals surface area contributed by atoms with Crippen LogP contribution in [0.15, 0.2) is 42.5 Å². The van der Waals surface area contributed by atoms with Crippen molar-refractivity contribution in [2.45, 2.75) is 12.8 Å². The average Bonchev–Trinajstić information content (AvgIpc) is 3.13. The van der Waals surface area contributed by atoms with Gasteiger partial charge in [-0.1, -0.05) is 6.07 Å². The highest BCUT2D eigenvalue weighted by Crippen LogP contribution is 2.32. The van der Waals surface area contributed by atoms with Crippen LogP contribution >= 0.6 is 0 Å². The zero-order valence-corrected chi connectivity index (χ0v) is 15.4. The molecule has 0 unspecified atom stereocenters. The van der Waals surface area contributed by atoms with Crippen molar-refractivity contribution in [3.05, 3.63) is 48.0 Å². The van der Waals surface area contributed by atoms with Crippen LogP contribution in [0.2, 0.25) is 0 Å². The number of hydrogen-bond donors (Lipinski definition) is 1. The molecular formula is C20H22N2O5. The molecule has 0 bridgehead atoms. The number of carbonyl (C=O) groups excluding carboxylic acids is 2. The SMILES string of the molecule is CN(C)C(=O)COc1ccc(NC(=O)CCc2ccc3c(c2)OCO3)cc1. The zero-order valence-electron chi connectivity index (χ0n) is 15.4. The van der Waals surface area contributed by atoms with Gasteiger partial charge < -0.3 is 24.4 Å². The first-order chi connectivity index (χ1) is 13.0. The molecule has 142 valence electrons. The molecule has 7 heteroatoms. The summed E-state index contributed by atoms with van der Waals surface area (Å²) in [5.41, 5.74) is 1.70. The van der Waals surface area contributed by atoms with Gasteiger partial charge in [-0.15, -0.1) is 0 Å². The number of ether oxygens (including phenoxy) is 3. The fraction of sp³-hybridized carbons (Fsp3) is 0.300. The second-order valence-electron chi connectivity index (χ2n) is 6.34. The van der Waals surface area contributed by atoms with Crippen LogP contribution in [-0.2, 0) is 16.0 Å². The Hall–Kier alpha value is -3.22. The molecule has 2 aromatic carbocycles. The van der Waals surface area contributed by atoms with E-state index in [0.717, 1.165) is 17.1 Å². The van der Waals surface area contributed by atoms with Gasteiger partial charge in [-0.25, -0.2) is 0 Å². The maximum Gasteiger partial charge on any atom is 0.259 e. The normalized spacial score (nSPS) is 11.8. The second-order valence-corrected chi connectivity index (χ2v) is 6.34. The molecule has 27 heavy (non-hydrogen) atoms. The van der Waals surface area contributed by atoms with Crippen molar-refractivity contribution in [3.8, 4) is 17.2 Å². The third kappa shape index (κ3) is 5.13. The monoisotopic (exact) mass is 370 g/mol. The molecule has 0 saturated carbocycles. The summed E-state index contributed by atoms with van der Waals surface area (Å²) in [6.07, 6.45) is 0.964. The van der Waals surface area contributed by atoms with Crippen LogP contribution in [0, 0.1) is 0 Å². The Morgan fingerprint density at radius 3 is 2.56 bits per heavy atom. The summed E-state index contributed by atoms with van der Waals surface area (Å²) < 4.78 is 16.0. The Morgan fingerprint density at radius 1 is 1.07 bits per heavy atom. The number of benzene rings is 2. The molecule has 0 aliphatic carbocycles. The molecule has 1 aliphatic rings. The minimum atomic E-state index is -0.115. The maximum atomic E-state index is 12.1. The molecule has 0 atom stereocenters. The highest BCUT2D eigenvalue weighted by atomic mass is 16.7. The first-order valence-corrected chi connectivity index (χ1v) is 8.62. The number of carbonyl (C=O) groups is 2. The molecule has 2 amide bonds. The molecule has 0 saturated heterocycles.